The van der Waals surface area contributed by atoms with Gasteiger partial charge in [0.15, 0.2) is 5.96 Å². The monoisotopic (exact) mass is 249 g/mol. The number of nitrogens with zero attached hydrogens (tertiary/aromatic N) is 3. The number of pyridine rings is 1. The lowest BCUT2D eigenvalue weighted by Crippen LogP contribution is -2.34. The summed E-state index contributed by atoms with van der Waals surface area (Å²) >= 11 is 0. The largest absolute Gasteiger partial charge is 0.370 e. The number of aromatic nitrogens is 1. The topological polar surface area (TPSA) is 66.5 Å². The number of nitrogens with two attached hydrogens (primary N) is 1. The Kier molecular flexibility index (Phi) is 5.42. The number of rotatable bonds is 5. The highest BCUT2D eigenvalue weighted by Crippen LogP contribution is 2.14. The molecule has 1 rings (SSSR count). The Morgan fingerprint density at radius 2 is 2.22 bits per heavy atom. The van der Waals surface area contributed by atoms with Crippen molar-refractivity contribution in [1.29, 1.82) is 0 Å². The highest BCUT2D eigenvalue weighted by Gasteiger charge is 2.04. The van der Waals surface area contributed by atoms with Crippen LogP contribution in [0.2, 0.25) is 0 Å². The fraction of sp³-hybridized carbons (Fsp3) is 0.538. The Labute approximate surface area is 109 Å². The molecule has 0 bridgehead atoms. The maximum Gasteiger partial charge on any atom is 0.188 e. The van der Waals surface area contributed by atoms with Gasteiger partial charge in [0, 0.05) is 32.4 Å². The van der Waals surface area contributed by atoms with Gasteiger partial charge in [-0.15, -0.1) is 0 Å². The predicted octanol–water partition coefficient (Wildman–Crippen LogP) is 1.21. The van der Waals surface area contributed by atoms with E-state index < -0.39 is 0 Å². The molecule has 5 nitrogen and oxygen atoms in total. The van der Waals surface area contributed by atoms with E-state index >= 15 is 0 Å². The van der Waals surface area contributed by atoms with Crippen LogP contribution in [0.15, 0.2) is 23.3 Å². The van der Waals surface area contributed by atoms with Crippen molar-refractivity contribution in [2.75, 3.05) is 25.5 Å². The van der Waals surface area contributed by atoms with Gasteiger partial charge in [0.05, 0.1) is 6.54 Å². The minimum absolute atomic E-state index is 0.484. The SMILES string of the molecule is CC(C)CNC(N)=NCc1cccnc1N(C)C. The highest BCUT2D eigenvalue weighted by molar-refractivity contribution is 5.77. The number of hydrogen-bond donors (Lipinski definition) is 2. The summed E-state index contributed by atoms with van der Waals surface area (Å²) in [6.45, 7) is 5.64. The van der Waals surface area contributed by atoms with Crippen molar-refractivity contribution in [2.45, 2.75) is 20.4 Å². The van der Waals surface area contributed by atoms with Crippen molar-refractivity contribution in [1.82, 2.24) is 10.3 Å². The normalized spacial score (nSPS) is 11.7. The third-order valence-electron chi connectivity index (χ3n) is 2.40. The molecule has 0 radical (unpaired) electrons. The number of guanidine groups is 1. The third-order valence-corrected chi connectivity index (χ3v) is 2.40. The predicted molar refractivity (Wildman–Crippen MR) is 76.7 cm³/mol. The molecule has 0 amide bonds. The van der Waals surface area contributed by atoms with Crippen LogP contribution in [0.5, 0.6) is 0 Å². The minimum Gasteiger partial charge on any atom is -0.370 e. The van der Waals surface area contributed by atoms with Crippen molar-refractivity contribution >= 4 is 11.8 Å². The van der Waals surface area contributed by atoms with E-state index in [0.717, 1.165) is 17.9 Å². The molecule has 0 aliphatic rings. The molecule has 0 aliphatic carbocycles. The molecule has 3 N–H and O–H groups in total. The van der Waals surface area contributed by atoms with Crippen LogP contribution >= 0.6 is 0 Å². The summed E-state index contributed by atoms with van der Waals surface area (Å²) in [5.41, 5.74) is 6.87. The zero-order valence-corrected chi connectivity index (χ0v) is 11.6. The van der Waals surface area contributed by atoms with E-state index in [0.29, 0.717) is 18.4 Å². The van der Waals surface area contributed by atoms with Crippen molar-refractivity contribution in [3.8, 4) is 0 Å². The molecule has 0 fully saturated rings. The van der Waals surface area contributed by atoms with Gasteiger partial charge in [-0.05, 0) is 12.0 Å². The summed E-state index contributed by atoms with van der Waals surface area (Å²) in [6, 6.07) is 3.93. The van der Waals surface area contributed by atoms with Crippen molar-refractivity contribution in [2.24, 2.45) is 16.6 Å². The second-order valence-corrected chi connectivity index (χ2v) is 4.86. The van der Waals surface area contributed by atoms with Gasteiger partial charge in [-0.2, -0.15) is 0 Å². The molecule has 0 spiro atoms. The highest BCUT2D eigenvalue weighted by atomic mass is 15.1. The summed E-state index contributed by atoms with van der Waals surface area (Å²) < 4.78 is 0. The average Bonchev–Trinajstić information content (AvgIpc) is 2.34. The summed E-state index contributed by atoms with van der Waals surface area (Å²) in [4.78, 5) is 10.6. The van der Waals surface area contributed by atoms with E-state index in [4.69, 9.17) is 5.73 Å². The zero-order valence-electron chi connectivity index (χ0n) is 11.6. The van der Waals surface area contributed by atoms with E-state index in [-0.39, 0.29) is 0 Å². The molecule has 0 aromatic carbocycles. The summed E-state index contributed by atoms with van der Waals surface area (Å²) in [7, 11) is 3.94. The Balaban J connectivity index is 2.65. The number of nitrogens with one attached hydrogen (secondary N) is 1. The molecule has 0 unspecified atom stereocenters. The molecular formula is C13H23N5. The van der Waals surface area contributed by atoms with Crippen molar-refractivity contribution in [3.05, 3.63) is 23.9 Å². The van der Waals surface area contributed by atoms with Gasteiger partial charge in [-0.25, -0.2) is 9.98 Å². The van der Waals surface area contributed by atoms with Crippen molar-refractivity contribution in [3.63, 3.8) is 0 Å². The molecule has 0 saturated carbocycles. The lowest BCUT2D eigenvalue weighted by molar-refractivity contribution is 0.622. The van der Waals surface area contributed by atoms with E-state index in [9.17, 15) is 0 Å². The Morgan fingerprint density at radius 1 is 1.50 bits per heavy atom. The van der Waals surface area contributed by atoms with Gasteiger partial charge < -0.3 is 16.0 Å². The van der Waals surface area contributed by atoms with Crippen LogP contribution in [0.1, 0.15) is 19.4 Å². The first-order valence-corrected chi connectivity index (χ1v) is 6.15. The Morgan fingerprint density at radius 3 is 2.83 bits per heavy atom. The summed E-state index contributed by atoms with van der Waals surface area (Å²) in [6.07, 6.45) is 1.78. The van der Waals surface area contributed by atoms with Gasteiger partial charge in [-0.1, -0.05) is 19.9 Å². The fourth-order valence-electron chi connectivity index (χ4n) is 1.49. The van der Waals surface area contributed by atoms with Gasteiger partial charge in [-0.3, -0.25) is 0 Å². The van der Waals surface area contributed by atoms with E-state index in [1.54, 1.807) is 6.20 Å². The van der Waals surface area contributed by atoms with Gasteiger partial charge in [0.1, 0.15) is 5.82 Å². The first kappa shape index (κ1) is 14.3. The van der Waals surface area contributed by atoms with Crippen molar-refractivity contribution < 1.29 is 0 Å². The summed E-state index contributed by atoms with van der Waals surface area (Å²) in [5, 5.41) is 3.09. The lowest BCUT2D eigenvalue weighted by Gasteiger charge is -2.15. The number of aliphatic imine (C=N–C) groups is 1. The van der Waals surface area contributed by atoms with Crippen LogP contribution in [0, 0.1) is 5.92 Å². The molecular weight excluding hydrogens is 226 g/mol. The first-order chi connectivity index (χ1) is 8.50. The van der Waals surface area contributed by atoms with Crippen LogP contribution in [-0.4, -0.2) is 31.6 Å². The lowest BCUT2D eigenvalue weighted by atomic mass is 10.2. The van der Waals surface area contributed by atoms with E-state index in [2.05, 4.69) is 29.1 Å². The van der Waals surface area contributed by atoms with Crippen LogP contribution < -0.4 is 16.0 Å². The third kappa shape index (κ3) is 4.61. The minimum atomic E-state index is 0.484. The second kappa shape index (κ2) is 6.83. The standard InChI is InChI=1S/C13H23N5/c1-10(2)8-16-13(14)17-9-11-6-5-7-15-12(11)18(3)4/h5-7,10H,8-9H2,1-4H3,(H3,14,16,17). The van der Waals surface area contributed by atoms with E-state index in [1.165, 1.54) is 0 Å². The van der Waals surface area contributed by atoms with Crippen LogP contribution in [0.25, 0.3) is 0 Å². The zero-order chi connectivity index (χ0) is 13.5. The molecule has 18 heavy (non-hydrogen) atoms. The fourth-order valence-corrected chi connectivity index (χ4v) is 1.49. The Hall–Kier alpha value is -1.78. The van der Waals surface area contributed by atoms with Gasteiger partial charge in [0.2, 0.25) is 0 Å². The quantitative estimate of drug-likeness (QED) is 0.608. The molecule has 0 aliphatic heterocycles. The van der Waals surface area contributed by atoms with Crippen LogP contribution in [0.4, 0.5) is 5.82 Å². The van der Waals surface area contributed by atoms with Crippen LogP contribution in [-0.2, 0) is 6.54 Å². The van der Waals surface area contributed by atoms with Crippen LogP contribution in [0.3, 0.4) is 0 Å². The Bertz CT molecular complexity index is 398. The number of hydrogen-bond acceptors (Lipinski definition) is 3. The summed E-state index contributed by atoms with van der Waals surface area (Å²) in [5.74, 6) is 1.96. The molecule has 0 atom stereocenters. The molecule has 5 heteroatoms. The first-order valence-electron chi connectivity index (χ1n) is 6.15. The van der Waals surface area contributed by atoms with E-state index in [1.807, 2.05) is 31.1 Å². The maximum atomic E-state index is 5.80. The maximum absolute atomic E-state index is 5.80. The van der Waals surface area contributed by atoms with Gasteiger partial charge >= 0.3 is 0 Å². The average molecular weight is 249 g/mol. The molecule has 0 saturated heterocycles. The molecule has 1 aromatic rings. The second-order valence-electron chi connectivity index (χ2n) is 4.86. The number of anilines is 1. The smallest absolute Gasteiger partial charge is 0.188 e. The van der Waals surface area contributed by atoms with Gasteiger partial charge in [0.25, 0.3) is 0 Å². The molecule has 100 valence electrons. The molecule has 1 heterocycles. The molecule has 1 aromatic heterocycles.